The highest BCUT2D eigenvalue weighted by atomic mass is 32.2. The van der Waals surface area contributed by atoms with Crippen LogP contribution in [0.4, 0.5) is 0 Å². The highest BCUT2D eigenvalue weighted by Gasteiger charge is 2.34. The summed E-state index contributed by atoms with van der Waals surface area (Å²) in [6.45, 7) is 3.85. The maximum atomic E-state index is 13.1. The minimum atomic E-state index is -3.58. The van der Waals surface area contributed by atoms with E-state index in [0.29, 0.717) is 64.3 Å². The van der Waals surface area contributed by atoms with Crippen molar-refractivity contribution in [3.05, 3.63) is 71.0 Å². The Labute approximate surface area is 203 Å². The van der Waals surface area contributed by atoms with E-state index in [1.165, 1.54) is 14.9 Å². The zero-order valence-electron chi connectivity index (χ0n) is 19.4. The summed E-state index contributed by atoms with van der Waals surface area (Å²) in [5, 5.41) is 0. The van der Waals surface area contributed by atoms with Gasteiger partial charge >= 0.3 is 0 Å². The van der Waals surface area contributed by atoms with Crippen molar-refractivity contribution in [2.75, 3.05) is 39.3 Å². The lowest BCUT2D eigenvalue weighted by Crippen LogP contribution is -2.51. The van der Waals surface area contributed by atoms with Crippen LogP contribution in [0.2, 0.25) is 0 Å². The second-order valence-corrected chi connectivity index (χ2v) is 10.9. The summed E-state index contributed by atoms with van der Waals surface area (Å²) in [6, 6.07) is 10.2. The average Bonchev–Trinajstić information content (AvgIpc) is 2.89. The van der Waals surface area contributed by atoms with Crippen LogP contribution in [0.25, 0.3) is 5.65 Å². The highest BCUT2D eigenvalue weighted by Crippen LogP contribution is 2.25. The Morgan fingerprint density at radius 3 is 2.49 bits per heavy atom. The molecular formula is C24H28N6O4S. The second kappa shape index (κ2) is 9.84. The molecule has 10 nitrogen and oxygen atoms in total. The smallest absolute Gasteiger partial charge is 0.258 e. The molecule has 2 aliphatic rings. The van der Waals surface area contributed by atoms with Gasteiger partial charge in [-0.3, -0.25) is 23.9 Å². The number of hydrogen-bond acceptors (Lipinski definition) is 7. The number of rotatable bonds is 5. The molecule has 2 fully saturated rings. The van der Waals surface area contributed by atoms with Gasteiger partial charge in [0, 0.05) is 76.4 Å². The van der Waals surface area contributed by atoms with Crippen LogP contribution < -0.4 is 5.56 Å². The van der Waals surface area contributed by atoms with Crippen molar-refractivity contribution in [2.24, 2.45) is 5.92 Å². The molecule has 0 atom stereocenters. The fourth-order valence-electron chi connectivity index (χ4n) is 4.79. The standard InChI is InChI=1S/C24H28N6O4S/c31-23-16-20(26-22-5-1-2-9-30(22)23)18-27-12-14-28(15-13-27)24(32)19-6-10-29(11-7-19)35(33,34)21-4-3-8-25-17-21/h1-5,8-9,16-17,19H,6-7,10-15,18H2. The largest absolute Gasteiger partial charge is 0.340 e. The Bertz CT molecular complexity index is 1360. The molecule has 3 aromatic rings. The number of piperazine rings is 1. The lowest BCUT2D eigenvalue weighted by Gasteiger charge is -2.38. The van der Waals surface area contributed by atoms with Crippen molar-refractivity contribution >= 4 is 21.6 Å². The van der Waals surface area contributed by atoms with Crippen LogP contribution in [-0.2, 0) is 21.4 Å². The van der Waals surface area contributed by atoms with E-state index >= 15 is 0 Å². The van der Waals surface area contributed by atoms with Crippen LogP contribution in [0.5, 0.6) is 0 Å². The second-order valence-electron chi connectivity index (χ2n) is 8.98. The first-order valence-electron chi connectivity index (χ1n) is 11.8. The van der Waals surface area contributed by atoms with Gasteiger partial charge in [-0.25, -0.2) is 13.4 Å². The fraction of sp³-hybridized carbons (Fsp3) is 0.417. The maximum Gasteiger partial charge on any atom is 0.258 e. The van der Waals surface area contributed by atoms with E-state index < -0.39 is 10.0 Å². The molecule has 2 saturated heterocycles. The monoisotopic (exact) mass is 496 g/mol. The van der Waals surface area contributed by atoms with E-state index in [1.54, 1.807) is 36.7 Å². The summed E-state index contributed by atoms with van der Waals surface area (Å²) >= 11 is 0. The normalized spacial score (nSPS) is 18.7. The van der Waals surface area contributed by atoms with Gasteiger partial charge in [-0.2, -0.15) is 4.31 Å². The molecule has 0 unspecified atom stereocenters. The van der Waals surface area contributed by atoms with Gasteiger partial charge in [0.15, 0.2) is 0 Å². The molecule has 0 saturated carbocycles. The maximum absolute atomic E-state index is 13.1. The summed E-state index contributed by atoms with van der Waals surface area (Å²) in [5.41, 5.74) is 1.25. The molecule has 3 aromatic heterocycles. The minimum absolute atomic E-state index is 0.101. The Kier molecular flexibility index (Phi) is 6.63. The summed E-state index contributed by atoms with van der Waals surface area (Å²) in [4.78, 5) is 38.2. The molecule has 2 aliphatic heterocycles. The third kappa shape index (κ3) is 4.97. The van der Waals surface area contributed by atoms with E-state index in [9.17, 15) is 18.0 Å². The molecule has 35 heavy (non-hydrogen) atoms. The molecule has 11 heteroatoms. The number of fused-ring (bicyclic) bond motifs is 1. The number of aromatic nitrogens is 3. The topological polar surface area (TPSA) is 108 Å². The molecule has 184 valence electrons. The number of carbonyl (C=O) groups excluding carboxylic acids is 1. The number of amides is 1. The molecule has 0 aliphatic carbocycles. The molecule has 1 amide bonds. The minimum Gasteiger partial charge on any atom is -0.340 e. The van der Waals surface area contributed by atoms with Gasteiger partial charge in [-0.1, -0.05) is 6.07 Å². The molecule has 0 radical (unpaired) electrons. The van der Waals surface area contributed by atoms with Crippen molar-refractivity contribution in [2.45, 2.75) is 24.3 Å². The first-order valence-corrected chi connectivity index (χ1v) is 13.2. The van der Waals surface area contributed by atoms with Crippen molar-refractivity contribution in [1.29, 1.82) is 0 Å². The molecular weight excluding hydrogens is 468 g/mol. The Balaban J connectivity index is 1.14. The van der Waals surface area contributed by atoms with E-state index in [0.717, 1.165) is 5.69 Å². The first-order chi connectivity index (χ1) is 16.9. The lowest BCUT2D eigenvalue weighted by molar-refractivity contribution is -0.138. The number of piperidine rings is 1. The van der Waals surface area contributed by atoms with Crippen LogP contribution in [0, 0.1) is 5.92 Å². The van der Waals surface area contributed by atoms with Crippen LogP contribution in [-0.4, -0.2) is 82.1 Å². The zero-order chi connectivity index (χ0) is 24.4. The summed E-state index contributed by atoms with van der Waals surface area (Å²) in [7, 11) is -3.58. The van der Waals surface area contributed by atoms with Crippen LogP contribution in [0.15, 0.2) is 64.7 Å². The van der Waals surface area contributed by atoms with Crippen LogP contribution in [0.1, 0.15) is 18.5 Å². The number of pyridine rings is 2. The quantitative estimate of drug-likeness (QED) is 0.515. The van der Waals surface area contributed by atoms with Crippen LogP contribution >= 0.6 is 0 Å². The lowest BCUT2D eigenvalue weighted by atomic mass is 9.96. The van der Waals surface area contributed by atoms with Crippen molar-refractivity contribution in [1.82, 2.24) is 28.5 Å². The molecule has 0 N–H and O–H groups in total. The summed E-state index contributed by atoms with van der Waals surface area (Å²) in [6.07, 6.45) is 5.64. The molecule has 5 rings (SSSR count). The van der Waals surface area contributed by atoms with Crippen molar-refractivity contribution in [3.8, 4) is 0 Å². The number of carbonyl (C=O) groups is 1. The molecule has 0 aromatic carbocycles. The van der Waals surface area contributed by atoms with Crippen molar-refractivity contribution in [3.63, 3.8) is 0 Å². The van der Waals surface area contributed by atoms with Crippen LogP contribution in [0.3, 0.4) is 0 Å². The Morgan fingerprint density at radius 2 is 1.77 bits per heavy atom. The molecule has 5 heterocycles. The summed E-state index contributed by atoms with van der Waals surface area (Å²) in [5.74, 6) is -0.0609. The van der Waals surface area contributed by atoms with Gasteiger partial charge in [0.25, 0.3) is 5.56 Å². The van der Waals surface area contributed by atoms with Gasteiger partial charge in [0.05, 0.1) is 5.69 Å². The predicted molar refractivity (Wildman–Crippen MR) is 129 cm³/mol. The number of nitrogens with zero attached hydrogens (tertiary/aromatic N) is 6. The summed E-state index contributed by atoms with van der Waals surface area (Å²) < 4.78 is 28.6. The predicted octanol–water partition coefficient (Wildman–Crippen LogP) is 0.835. The average molecular weight is 497 g/mol. The van der Waals surface area contributed by atoms with Gasteiger partial charge in [-0.15, -0.1) is 0 Å². The van der Waals surface area contributed by atoms with Gasteiger partial charge in [0.2, 0.25) is 15.9 Å². The molecule has 0 spiro atoms. The SMILES string of the molecule is O=C(C1CCN(S(=O)(=O)c2cccnc2)CC1)N1CCN(Cc2cc(=O)n3ccccc3n2)CC1. The first kappa shape index (κ1) is 23.6. The van der Waals surface area contributed by atoms with Gasteiger partial charge in [0.1, 0.15) is 10.5 Å². The van der Waals surface area contributed by atoms with E-state index in [2.05, 4.69) is 14.9 Å². The van der Waals surface area contributed by atoms with Gasteiger partial charge in [-0.05, 0) is 37.1 Å². The fourth-order valence-corrected chi connectivity index (χ4v) is 6.22. The highest BCUT2D eigenvalue weighted by molar-refractivity contribution is 7.89. The zero-order valence-corrected chi connectivity index (χ0v) is 20.2. The van der Waals surface area contributed by atoms with E-state index in [4.69, 9.17) is 0 Å². The van der Waals surface area contributed by atoms with Crippen molar-refractivity contribution < 1.29 is 13.2 Å². The number of sulfonamides is 1. The van der Waals surface area contributed by atoms with E-state index in [1.807, 2.05) is 17.0 Å². The Hall–Kier alpha value is -3.15. The molecule has 0 bridgehead atoms. The number of hydrogen-bond donors (Lipinski definition) is 0. The Morgan fingerprint density at radius 1 is 1.00 bits per heavy atom. The van der Waals surface area contributed by atoms with Gasteiger partial charge < -0.3 is 4.90 Å². The third-order valence-electron chi connectivity index (χ3n) is 6.77. The third-order valence-corrected chi connectivity index (χ3v) is 8.65. The van der Waals surface area contributed by atoms with E-state index in [-0.39, 0.29) is 22.3 Å².